The third-order valence-corrected chi connectivity index (χ3v) is 5.53. The van der Waals surface area contributed by atoms with E-state index < -0.39 is 0 Å². The minimum atomic E-state index is 0.595. The first-order valence-corrected chi connectivity index (χ1v) is 9.94. The van der Waals surface area contributed by atoms with E-state index in [0.29, 0.717) is 6.61 Å². The molecule has 3 heteroatoms. The summed E-state index contributed by atoms with van der Waals surface area (Å²) in [5, 5.41) is 4.84. The minimum Gasteiger partial charge on any atom is -0.489 e. The summed E-state index contributed by atoms with van der Waals surface area (Å²) in [6.07, 6.45) is 1.07. The highest BCUT2D eigenvalue weighted by Gasteiger charge is 2.20. The second-order valence-electron chi connectivity index (χ2n) is 7.38. The van der Waals surface area contributed by atoms with Crippen LogP contribution in [0.1, 0.15) is 22.4 Å². The summed E-state index contributed by atoms with van der Waals surface area (Å²) in [5.74, 6) is 0.932. The van der Waals surface area contributed by atoms with Crippen LogP contribution in [-0.4, -0.2) is 11.1 Å². The molecule has 0 amide bonds. The molecule has 0 fully saturated rings. The number of ether oxygens (including phenoxy) is 1. The van der Waals surface area contributed by atoms with Crippen LogP contribution in [0.25, 0.3) is 10.9 Å². The lowest BCUT2D eigenvalue weighted by atomic mass is 10.1. The van der Waals surface area contributed by atoms with Gasteiger partial charge < -0.3 is 14.6 Å². The fourth-order valence-corrected chi connectivity index (χ4v) is 4.14. The van der Waals surface area contributed by atoms with E-state index in [1.165, 1.54) is 33.3 Å². The van der Waals surface area contributed by atoms with Gasteiger partial charge in [0.2, 0.25) is 0 Å². The molecule has 5 rings (SSSR count). The van der Waals surface area contributed by atoms with Gasteiger partial charge in [-0.05, 0) is 34.9 Å². The van der Waals surface area contributed by atoms with Crippen LogP contribution in [0, 0.1) is 0 Å². The summed E-state index contributed by atoms with van der Waals surface area (Å²) in [4.78, 5) is 0. The molecule has 1 N–H and O–H groups in total. The van der Waals surface area contributed by atoms with Gasteiger partial charge in [0.1, 0.15) is 12.4 Å². The van der Waals surface area contributed by atoms with Crippen molar-refractivity contribution in [3.05, 3.63) is 101 Å². The Morgan fingerprint density at radius 3 is 2.39 bits per heavy atom. The average molecular weight is 368 g/mol. The molecule has 4 aromatic rings. The number of rotatable bonds is 5. The molecule has 0 radical (unpaired) electrons. The predicted octanol–water partition coefficient (Wildman–Crippen LogP) is 4.91. The summed E-state index contributed by atoms with van der Waals surface area (Å²) < 4.78 is 8.58. The molecule has 28 heavy (non-hydrogen) atoms. The zero-order chi connectivity index (χ0) is 18.8. The Kier molecular flexibility index (Phi) is 4.59. The van der Waals surface area contributed by atoms with E-state index in [9.17, 15) is 0 Å². The molecule has 0 saturated carbocycles. The highest BCUT2D eigenvalue weighted by molar-refractivity contribution is 5.87. The van der Waals surface area contributed by atoms with Crippen molar-refractivity contribution in [1.29, 1.82) is 0 Å². The van der Waals surface area contributed by atoms with Crippen molar-refractivity contribution in [1.82, 2.24) is 9.88 Å². The van der Waals surface area contributed by atoms with Gasteiger partial charge in [-0.1, -0.05) is 60.7 Å². The Hall–Kier alpha value is -3.04. The van der Waals surface area contributed by atoms with Crippen LogP contribution in [0.4, 0.5) is 0 Å². The Bertz CT molecular complexity index is 1080. The molecular weight excluding hydrogens is 344 g/mol. The van der Waals surface area contributed by atoms with Crippen LogP contribution in [-0.2, 0) is 26.1 Å². The largest absolute Gasteiger partial charge is 0.489 e. The number of nitrogens with zero attached hydrogens (tertiary/aromatic N) is 1. The molecule has 0 unspecified atom stereocenters. The van der Waals surface area contributed by atoms with Gasteiger partial charge in [0.15, 0.2) is 0 Å². The molecule has 1 aromatic heterocycles. The molecule has 0 bridgehead atoms. The quantitative estimate of drug-likeness (QED) is 0.541. The van der Waals surface area contributed by atoms with Crippen LogP contribution in [0.2, 0.25) is 0 Å². The Morgan fingerprint density at radius 2 is 1.61 bits per heavy atom. The van der Waals surface area contributed by atoms with E-state index in [-0.39, 0.29) is 0 Å². The third-order valence-electron chi connectivity index (χ3n) is 5.53. The van der Waals surface area contributed by atoms with E-state index in [4.69, 9.17) is 4.74 Å². The lowest BCUT2D eigenvalue weighted by Crippen LogP contribution is -2.24. The van der Waals surface area contributed by atoms with Gasteiger partial charge in [-0.3, -0.25) is 0 Å². The number of hydrogen-bond donors (Lipinski definition) is 1. The number of fused-ring (bicyclic) bond motifs is 3. The van der Waals surface area contributed by atoms with Gasteiger partial charge in [0, 0.05) is 42.7 Å². The van der Waals surface area contributed by atoms with Gasteiger partial charge in [-0.25, -0.2) is 0 Å². The van der Waals surface area contributed by atoms with Crippen LogP contribution >= 0.6 is 0 Å². The predicted molar refractivity (Wildman–Crippen MR) is 114 cm³/mol. The van der Waals surface area contributed by atoms with E-state index in [1.54, 1.807) is 0 Å². The molecule has 1 aliphatic rings. The Morgan fingerprint density at radius 1 is 0.857 bits per heavy atom. The zero-order valence-corrected chi connectivity index (χ0v) is 15.9. The minimum absolute atomic E-state index is 0.595. The smallest absolute Gasteiger partial charge is 0.120 e. The van der Waals surface area contributed by atoms with Crippen molar-refractivity contribution in [3.63, 3.8) is 0 Å². The molecule has 2 heterocycles. The number of benzene rings is 3. The van der Waals surface area contributed by atoms with Gasteiger partial charge in [0.05, 0.1) is 0 Å². The lowest BCUT2D eigenvalue weighted by molar-refractivity contribution is 0.306. The van der Waals surface area contributed by atoms with Crippen molar-refractivity contribution >= 4 is 10.9 Å². The first-order valence-electron chi connectivity index (χ1n) is 9.94. The molecule has 0 saturated heterocycles. The van der Waals surface area contributed by atoms with E-state index >= 15 is 0 Å². The topological polar surface area (TPSA) is 26.2 Å². The first kappa shape index (κ1) is 17.1. The summed E-state index contributed by atoms with van der Waals surface area (Å²) in [5.41, 5.74) is 6.70. The monoisotopic (exact) mass is 368 g/mol. The van der Waals surface area contributed by atoms with E-state index in [2.05, 4.69) is 70.5 Å². The standard InChI is InChI=1S/C25H24N2O/c1-3-7-19(8-4-1)17-27-24-12-11-21(28-18-20-9-5-2-6-10-20)15-22(24)23-16-26-14-13-25(23)27/h1-12,15,26H,13-14,16-18H2. The molecule has 3 aromatic carbocycles. The fourth-order valence-electron chi connectivity index (χ4n) is 4.14. The summed E-state index contributed by atoms with van der Waals surface area (Å²) >= 11 is 0. The van der Waals surface area contributed by atoms with Crippen molar-refractivity contribution in [2.75, 3.05) is 6.54 Å². The molecule has 0 atom stereocenters. The van der Waals surface area contributed by atoms with Crippen molar-refractivity contribution in [3.8, 4) is 5.75 Å². The maximum absolute atomic E-state index is 6.09. The van der Waals surface area contributed by atoms with Crippen LogP contribution < -0.4 is 10.1 Å². The molecule has 3 nitrogen and oxygen atoms in total. The highest BCUT2D eigenvalue weighted by Crippen LogP contribution is 2.32. The lowest BCUT2D eigenvalue weighted by Gasteiger charge is -2.17. The van der Waals surface area contributed by atoms with E-state index in [0.717, 1.165) is 31.8 Å². The van der Waals surface area contributed by atoms with Gasteiger partial charge >= 0.3 is 0 Å². The summed E-state index contributed by atoms with van der Waals surface area (Å²) in [6.45, 7) is 3.47. The first-order chi connectivity index (χ1) is 13.9. The fraction of sp³-hybridized carbons (Fsp3) is 0.200. The van der Waals surface area contributed by atoms with Gasteiger partial charge in [-0.15, -0.1) is 0 Å². The maximum Gasteiger partial charge on any atom is 0.120 e. The summed E-state index contributed by atoms with van der Waals surface area (Å²) in [6, 6.07) is 27.6. The number of aromatic nitrogens is 1. The molecule has 140 valence electrons. The molecule has 1 aliphatic heterocycles. The van der Waals surface area contributed by atoms with Crippen LogP contribution in [0.3, 0.4) is 0 Å². The molecule has 0 spiro atoms. The number of hydrogen-bond acceptors (Lipinski definition) is 2. The average Bonchev–Trinajstić information content (AvgIpc) is 3.07. The van der Waals surface area contributed by atoms with Crippen molar-refractivity contribution in [2.45, 2.75) is 26.1 Å². The normalized spacial score (nSPS) is 13.4. The highest BCUT2D eigenvalue weighted by atomic mass is 16.5. The third kappa shape index (κ3) is 3.30. The Labute approximate surface area is 165 Å². The Balaban J connectivity index is 1.50. The van der Waals surface area contributed by atoms with Crippen LogP contribution in [0.5, 0.6) is 5.75 Å². The summed E-state index contributed by atoms with van der Waals surface area (Å²) in [7, 11) is 0. The van der Waals surface area contributed by atoms with Crippen LogP contribution in [0.15, 0.2) is 78.9 Å². The van der Waals surface area contributed by atoms with Crippen molar-refractivity contribution < 1.29 is 4.74 Å². The van der Waals surface area contributed by atoms with Crippen molar-refractivity contribution in [2.24, 2.45) is 0 Å². The molecule has 0 aliphatic carbocycles. The number of nitrogens with one attached hydrogen (secondary N) is 1. The zero-order valence-electron chi connectivity index (χ0n) is 15.9. The second-order valence-corrected chi connectivity index (χ2v) is 7.38. The van der Waals surface area contributed by atoms with Gasteiger partial charge in [0.25, 0.3) is 0 Å². The maximum atomic E-state index is 6.09. The van der Waals surface area contributed by atoms with E-state index in [1.807, 2.05) is 18.2 Å². The molecular formula is C25H24N2O. The SMILES string of the molecule is c1ccc(COc2ccc3c(c2)c2c(n3Cc3ccccc3)CCNC2)cc1. The van der Waals surface area contributed by atoms with Gasteiger partial charge in [-0.2, -0.15) is 0 Å². The second kappa shape index (κ2) is 7.53.